The maximum atomic E-state index is 13.0. The first kappa shape index (κ1) is 18.6. The molecule has 0 saturated heterocycles. The average Bonchev–Trinajstić information content (AvgIpc) is 3.30. The zero-order valence-electron chi connectivity index (χ0n) is 16.1. The topological polar surface area (TPSA) is 46.9 Å². The van der Waals surface area contributed by atoms with Crippen LogP contribution in [-0.2, 0) is 16.3 Å². The summed E-state index contributed by atoms with van der Waals surface area (Å²) in [7, 11) is 0. The van der Waals surface area contributed by atoms with Crippen molar-refractivity contribution >= 4 is 23.5 Å². The number of thioether (sulfide) groups is 1. The zero-order valence-corrected chi connectivity index (χ0v) is 16.9. The average molecular weight is 384 g/mol. The van der Waals surface area contributed by atoms with Gasteiger partial charge in [-0.1, -0.05) is 44.4 Å². The Morgan fingerprint density at radius 2 is 1.96 bits per heavy atom. The van der Waals surface area contributed by atoms with Crippen LogP contribution >= 0.6 is 11.8 Å². The lowest BCUT2D eigenvalue weighted by Crippen LogP contribution is -2.28. The van der Waals surface area contributed by atoms with Crippen molar-refractivity contribution in [3.8, 4) is 5.69 Å². The first-order valence-electron chi connectivity index (χ1n) is 10.3. The lowest BCUT2D eigenvalue weighted by Gasteiger charge is -2.27. The highest BCUT2D eigenvalue weighted by atomic mass is 32.2. The first-order chi connectivity index (χ1) is 13.3. The third-order valence-corrected chi connectivity index (χ3v) is 6.95. The van der Waals surface area contributed by atoms with Crippen molar-refractivity contribution in [1.82, 2.24) is 9.78 Å². The van der Waals surface area contributed by atoms with Gasteiger partial charge in [-0.15, -0.1) is 0 Å². The van der Waals surface area contributed by atoms with E-state index >= 15 is 0 Å². The van der Waals surface area contributed by atoms with Crippen molar-refractivity contribution in [2.75, 3.05) is 5.32 Å². The Kier molecular flexibility index (Phi) is 5.86. The Morgan fingerprint density at radius 1 is 1.19 bits per heavy atom. The molecule has 1 aromatic heterocycles. The molecule has 2 aromatic rings. The number of carbonyl (C=O) groups excluding carboxylic acids is 1. The Bertz CT molecular complexity index is 778. The molecule has 2 heterocycles. The molecule has 2 aliphatic rings. The fourth-order valence-electron chi connectivity index (χ4n) is 4.32. The number of hydrogen-bond acceptors (Lipinski definition) is 3. The van der Waals surface area contributed by atoms with E-state index in [1.165, 1.54) is 37.7 Å². The molecule has 1 fully saturated rings. The normalized spacial score (nSPS) is 21.8. The molecule has 27 heavy (non-hydrogen) atoms. The minimum atomic E-state index is 0.145. The summed E-state index contributed by atoms with van der Waals surface area (Å²) in [6.07, 6.45) is 8.37. The van der Waals surface area contributed by atoms with Crippen molar-refractivity contribution in [3.05, 3.63) is 41.6 Å². The number of unbranched alkanes of at least 4 members (excludes halogenated alkanes) is 1. The number of amides is 1. The highest BCUT2D eigenvalue weighted by molar-refractivity contribution is 7.98. The van der Waals surface area contributed by atoms with Crippen LogP contribution < -0.4 is 5.32 Å². The smallest absolute Gasteiger partial charge is 0.228 e. The number of benzene rings is 1. The largest absolute Gasteiger partial charge is 0.310 e. The van der Waals surface area contributed by atoms with Crippen LogP contribution in [0.1, 0.15) is 63.1 Å². The second kappa shape index (κ2) is 8.51. The molecular weight excluding hydrogens is 354 g/mol. The van der Waals surface area contributed by atoms with Crippen LogP contribution in [0.5, 0.6) is 0 Å². The number of nitrogens with zero attached hydrogens (tertiary/aromatic N) is 2. The van der Waals surface area contributed by atoms with Crippen molar-refractivity contribution < 1.29 is 4.79 Å². The maximum Gasteiger partial charge on any atom is 0.228 e. The molecule has 0 radical (unpaired) electrons. The van der Waals surface area contributed by atoms with Crippen LogP contribution in [0.2, 0.25) is 0 Å². The number of nitrogens with one attached hydrogen (secondary N) is 1. The second-order valence-electron chi connectivity index (χ2n) is 7.86. The number of aromatic nitrogens is 2. The molecule has 4 rings (SSSR count). The van der Waals surface area contributed by atoms with Crippen LogP contribution in [0, 0.1) is 11.8 Å². The Labute approximate surface area is 166 Å². The summed E-state index contributed by atoms with van der Waals surface area (Å²) in [5, 5.41) is 8.05. The van der Waals surface area contributed by atoms with E-state index in [0.29, 0.717) is 0 Å². The van der Waals surface area contributed by atoms with Crippen LogP contribution in [0.15, 0.2) is 30.3 Å². The lowest BCUT2D eigenvalue weighted by molar-refractivity contribution is -0.121. The molecule has 0 unspecified atom stereocenters. The molecule has 5 heteroatoms. The molecule has 1 aromatic carbocycles. The van der Waals surface area contributed by atoms with E-state index in [9.17, 15) is 4.79 Å². The van der Waals surface area contributed by atoms with Crippen LogP contribution in [0.3, 0.4) is 0 Å². The van der Waals surface area contributed by atoms with E-state index in [1.54, 1.807) is 0 Å². The second-order valence-corrected chi connectivity index (χ2v) is 8.85. The third kappa shape index (κ3) is 4.08. The highest BCUT2D eigenvalue weighted by Gasteiger charge is 2.29. The number of fused-ring (bicyclic) bond motifs is 1. The van der Waals surface area contributed by atoms with Crippen molar-refractivity contribution in [2.45, 2.75) is 63.4 Å². The Balaban J connectivity index is 1.47. The van der Waals surface area contributed by atoms with Crippen molar-refractivity contribution in [1.29, 1.82) is 0 Å². The summed E-state index contributed by atoms with van der Waals surface area (Å²) in [5.41, 5.74) is 3.33. The van der Waals surface area contributed by atoms with Gasteiger partial charge < -0.3 is 5.32 Å². The number of rotatable bonds is 6. The van der Waals surface area contributed by atoms with Gasteiger partial charge in [-0.05, 0) is 43.7 Å². The molecule has 0 bridgehead atoms. The molecule has 1 saturated carbocycles. The van der Waals surface area contributed by atoms with Gasteiger partial charge in [0.05, 0.1) is 11.4 Å². The number of carbonyl (C=O) groups is 1. The number of para-hydroxylation sites is 1. The number of anilines is 1. The van der Waals surface area contributed by atoms with Gasteiger partial charge in [0.2, 0.25) is 5.91 Å². The molecule has 4 nitrogen and oxygen atoms in total. The SMILES string of the molecule is CCCCC1CCC(C(=O)Nc2c3c(nn2-c2ccccc2)CSC3)CC1. The van der Waals surface area contributed by atoms with Gasteiger partial charge >= 0.3 is 0 Å². The van der Waals surface area contributed by atoms with Crippen LogP contribution in [0.4, 0.5) is 5.82 Å². The van der Waals surface area contributed by atoms with E-state index in [2.05, 4.69) is 12.2 Å². The molecule has 1 aliphatic heterocycles. The monoisotopic (exact) mass is 383 g/mol. The summed E-state index contributed by atoms with van der Waals surface area (Å²) < 4.78 is 1.93. The van der Waals surface area contributed by atoms with Gasteiger partial charge in [0.15, 0.2) is 0 Å². The predicted molar refractivity (Wildman–Crippen MR) is 112 cm³/mol. The van der Waals surface area contributed by atoms with Gasteiger partial charge in [-0.25, -0.2) is 4.68 Å². The molecule has 144 valence electrons. The van der Waals surface area contributed by atoms with E-state index in [-0.39, 0.29) is 11.8 Å². The van der Waals surface area contributed by atoms with Crippen LogP contribution in [-0.4, -0.2) is 15.7 Å². The highest BCUT2D eigenvalue weighted by Crippen LogP contribution is 2.37. The fourth-order valence-corrected chi connectivity index (χ4v) is 5.36. The van der Waals surface area contributed by atoms with E-state index in [0.717, 1.165) is 47.5 Å². The van der Waals surface area contributed by atoms with Crippen LogP contribution in [0.25, 0.3) is 5.69 Å². The van der Waals surface area contributed by atoms with Gasteiger partial charge in [0.1, 0.15) is 5.82 Å². The molecule has 1 N–H and O–H groups in total. The summed E-state index contributed by atoms with van der Waals surface area (Å²) in [6, 6.07) is 10.1. The van der Waals surface area contributed by atoms with E-state index in [4.69, 9.17) is 5.10 Å². The van der Waals surface area contributed by atoms with Crippen molar-refractivity contribution in [3.63, 3.8) is 0 Å². The third-order valence-electron chi connectivity index (χ3n) is 5.98. The summed E-state index contributed by atoms with van der Waals surface area (Å²) in [6.45, 7) is 2.26. The minimum absolute atomic E-state index is 0.145. The number of hydrogen-bond donors (Lipinski definition) is 1. The van der Waals surface area contributed by atoms with Crippen molar-refractivity contribution in [2.24, 2.45) is 11.8 Å². The van der Waals surface area contributed by atoms with E-state index < -0.39 is 0 Å². The summed E-state index contributed by atoms with van der Waals surface area (Å²) >= 11 is 1.87. The molecule has 0 atom stereocenters. The Hall–Kier alpha value is -1.75. The van der Waals surface area contributed by atoms with E-state index in [1.807, 2.05) is 46.8 Å². The molecule has 1 amide bonds. The summed E-state index contributed by atoms with van der Waals surface area (Å²) in [4.78, 5) is 13.0. The van der Waals surface area contributed by atoms with Gasteiger partial charge in [-0.2, -0.15) is 16.9 Å². The quantitative estimate of drug-likeness (QED) is 0.711. The lowest BCUT2D eigenvalue weighted by atomic mass is 9.79. The van der Waals surface area contributed by atoms with Gasteiger partial charge in [0.25, 0.3) is 0 Å². The minimum Gasteiger partial charge on any atom is -0.310 e. The maximum absolute atomic E-state index is 13.0. The first-order valence-corrected chi connectivity index (χ1v) is 11.5. The fraction of sp³-hybridized carbons (Fsp3) is 0.545. The standard InChI is InChI=1S/C22H29N3OS/c1-2-3-7-16-10-12-17(13-11-16)22(26)23-21-19-14-27-15-20(19)24-25(21)18-8-5-4-6-9-18/h4-6,8-9,16-17H,2-3,7,10-15H2,1H3,(H,23,26). The molecule has 0 spiro atoms. The van der Waals surface area contributed by atoms with Gasteiger partial charge in [-0.3, -0.25) is 4.79 Å². The van der Waals surface area contributed by atoms with Gasteiger partial charge in [0, 0.05) is 23.0 Å². The molecule has 1 aliphatic carbocycles. The summed E-state index contributed by atoms with van der Waals surface area (Å²) in [5.74, 6) is 3.90. The predicted octanol–water partition coefficient (Wildman–Crippen LogP) is 5.55. The zero-order chi connectivity index (χ0) is 18.6. The molecular formula is C22H29N3OS. The Morgan fingerprint density at radius 3 is 2.70 bits per heavy atom.